The molecule has 0 spiro atoms. The molecule has 0 N–H and O–H groups in total. The number of benzene rings is 5. The third-order valence-corrected chi connectivity index (χ3v) is 11.1. The van der Waals surface area contributed by atoms with Gasteiger partial charge in [-0.2, -0.15) is 0 Å². The molecule has 0 aliphatic carbocycles. The van der Waals surface area contributed by atoms with Crippen molar-refractivity contribution in [3.8, 4) is 17.2 Å². The first kappa shape index (κ1) is 29.0. The number of aromatic nitrogens is 5. The van der Waals surface area contributed by atoms with E-state index in [0.29, 0.717) is 0 Å². The highest BCUT2D eigenvalue weighted by Gasteiger charge is 2.45. The number of fused-ring (bicyclic) bond motifs is 11. The van der Waals surface area contributed by atoms with Gasteiger partial charge in [0, 0.05) is 45.7 Å². The van der Waals surface area contributed by atoms with Gasteiger partial charge in [0.1, 0.15) is 22.8 Å². The number of hydrogen-bond acceptors (Lipinski definition) is 4. The van der Waals surface area contributed by atoms with E-state index in [1.54, 1.807) is 0 Å². The van der Waals surface area contributed by atoms with Crippen LogP contribution < -0.4 is 4.74 Å². The number of aryl methyl sites for hydroxylation is 2. The molecule has 11 rings (SSSR count). The highest BCUT2D eigenvalue weighted by molar-refractivity contribution is 6.12. The fourth-order valence-corrected chi connectivity index (χ4v) is 8.80. The molecule has 10 aromatic rings. The lowest BCUT2D eigenvalue weighted by atomic mass is 9.63. The number of nitrogens with zero attached hydrogens (tertiary/aromatic N) is 5. The molecule has 0 atom stereocenters. The second kappa shape index (κ2) is 10.6. The summed E-state index contributed by atoms with van der Waals surface area (Å²) >= 11 is 0. The zero-order valence-electron chi connectivity index (χ0n) is 28.6. The Morgan fingerprint density at radius 3 is 2.08 bits per heavy atom. The normalized spacial score (nSPS) is 13.3. The van der Waals surface area contributed by atoms with Crippen LogP contribution in [0.25, 0.3) is 55.1 Å². The van der Waals surface area contributed by atoms with Crippen molar-refractivity contribution in [2.45, 2.75) is 19.3 Å². The minimum Gasteiger partial charge on any atom is -0.457 e. The summed E-state index contributed by atoms with van der Waals surface area (Å²) in [4.78, 5) is 14.8. The lowest BCUT2D eigenvalue weighted by Crippen LogP contribution is -2.35. The zero-order valence-corrected chi connectivity index (χ0v) is 28.6. The van der Waals surface area contributed by atoms with Crippen molar-refractivity contribution in [3.63, 3.8) is 0 Å². The minimum atomic E-state index is -0.584. The van der Waals surface area contributed by atoms with Crippen molar-refractivity contribution in [2.75, 3.05) is 0 Å². The molecule has 0 radical (unpaired) electrons. The standard InChI is InChI=1S/C46H31N5O/c1-28-29(2)50-40-19-11-24-47-42(40)34-22-20-32(26-37(34)45(50)49-28)52-33-21-23-38-41(27-33)51-43-35(36-17-10-25-48-44(36)51)16-9-18-39(43)46(38,30-12-5-3-6-13-30)31-14-7-4-8-15-31/h3-27H,1-2H3. The van der Waals surface area contributed by atoms with Crippen molar-refractivity contribution >= 4 is 49.4 Å². The summed E-state index contributed by atoms with van der Waals surface area (Å²) in [5, 5.41) is 4.35. The van der Waals surface area contributed by atoms with Gasteiger partial charge in [0.05, 0.1) is 33.3 Å². The van der Waals surface area contributed by atoms with Gasteiger partial charge in [0.25, 0.3) is 0 Å². The molecule has 0 bridgehead atoms. The van der Waals surface area contributed by atoms with E-state index in [-0.39, 0.29) is 0 Å². The molecular formula is C46H31N5O. The Labute approximate surface area is 299 Å². The van der Waals surface area contributed by atoms with Gasteiger partial charge in [0.15, 0.2) is 0 Å². The van der Waals surface area contributed by atoms with Gasteiger partial charge in [-0.25, -0.2) is 9.97 Å². The first-order valence-corrected chi connectivity index (χ1v) is 17.6. The number of ether oxygens (including phenoxy) is 1. The SMILES string of the molecule is Cc1nc2c3cc(Oc4ccc5c(c4)-n4c6ncccc6c6cccc(c64)C5(c4ccccc4)c4ccccc4)ccc3c3ncccc3n2c1C. The van der Waals surface area contributed by atoms with E-state index >= 15 is 0 Å². The predicted octanol–water partition coefficient (Wildman–Crippen LogP) is 10.6. The smallest absolute Gasteiger partial charge is 0.145 e. The molecule has 0 fully saturated rings. The molecular weight excluding hydrogens is 639 g/mol. The van der Waals surface area contributed by atoms with Crippen LogP contribution in [-0.2, 0) is 5.41 Å². The molecule has 6 nitrogen and oxygen atoms in total. The Hall–Kier alpha value is -6.79. The molecule has 1 aliphatic rings. The zero-order chi connectivity index (χ0) is 34.6. The fourth-order valence-electron chi connectivity index (χ4n) is 8.80. The molecule has 5 aromatic heterocycles. The quantitative estimate of drug-likeness (QED) is 0.175. The number of rotatable bonds is 4. The maximum Gasteiger partial charge on any atom is 0.145 e. The Kier molecular flexibility index (Phi) is 5.91. The van der Waals surface area contributed by atoms with Crippen molar-refractivity contribution in [3.05, 3.63) is 186 Å². The fraction of sp³-hybridized carbons (Fsp3) is 0.0652. The summed E-state index contributed by atoms with van der Waals surface area (Å²) in [6.45, 7) is 4.17. The molecule has 0 saturated heterocycles. The van der Waals surface area contributed by atoms with E-state index in [0.717, 1.165) is 72.6 Å². The lowest BCUT2D eigenvalue weighted by molar-refractivity contribution is 0.482. The molecule has 5 aromatic carbocycles. The van der Waals surface area contributed by atoms with Gasteiger partial charge in [-0.05, 0) is 84.6 Å². The van der Waals surface area contributed by atoms with Gasteiger partial charge in [-0.15, -0.1) is 0 Å². The van der Waals surface area contributed by atoms with Crippen molar-refractivity contribution in [1.29, 1.82) is 0 Å². The Bertz CT molecular complexity index is 3030. The second-order valence-corrected chi connectivity index (χ2v) is 13.7. The van der Waals surface area contributed by atoms with Gasteiger partial charge in [0.2, 0.25) is 0 Å². The number of hydrogen-bond donors (Lipinski definition) is 0. The molecule has 52 heavy (non-hydrogen) atoms. The van der Waals surface area contributed by atoms with Gasteiger partial charge >= 0.3 is 0 Å². The molecule has 0 saturated carbocycles. The Morgan fingerprint density at radius 1 is 0.558 bits per heavy atom. The van der Waals surface area contributed by atoms with Crippen LogP contribution in [0, 0.1) is 13.8 Å². The highest BCUT2D eigenvalue weighted by atomic mass is 16.5. The van der Waals surface area contributed by atoms with Crippen LogP contribution in [0.2, 0.25) is 0 Å². The van der Waals surface area contributed by atoms with Gasteiger partial charge < -0.3 is 4.74 Å². The van der Waals surface area contributed by atoms with Crippen molar-refractivity contribution in [1.82, 2.24) is 23.9 Å². The minimum absolute atomic E-state index is 0.584. The van der Waals surface area contributed by atoms with Crippen molar-refractivity contribution < 1.29 is 4.74 Å². The van der Waals surface area contributed by atoms with E-state index in [1.165, 1.54) is 27.6 Å². The number of para-hydroxylation sites is 1. The lowest BCUT2D eigenvalue weighted by Gasteiger charge is -2.41. The number of pyridine rings is 3. The maximum absolute atomic E-state index is 6.81. The van der Waals surface area contributed by atoms with E-state index in [4.69, 9.17) is 19.7 Å². The van der Waals surface area contributed by atoms with Crippen LogP contribution in [0.15, 0.2) is 152 Å². The van der Waals surface area contributed by atoms with E-state index in [1.807, 2.05) is 30.6 Å². The molecule has 6 heteroatoms. The molecule has 0 amide bonds. The van der Waals surface area contributed by atoms with Crippen LogP contribution in [0.5, 0.6) is 11.5 Å². The van der Waals surface area contributed by atoms with Gasteiger partial charge in [-0.3, -0.25) is 14.0 Å². The summed E-state index contributed by atoms with van der Waals surface area (Å²) in [5.74, 6) is 1.47. The van der Waals surface area contributed by atoms with Crippen LogP contribution >= 0.6 is 0 Å². The van der Waals surface area contributed by atoms with E-state index in [9.17, 15) is 0 Å². The number of imidazole rings is 1. The first-order chi connectivity index (χ1) is 25.6. The topological polar surface area (TPSA) is 57.2 Å². The summed E-state index contributed by atoms with van der Waals surface area (Å²) in [5.41, 5.74) is 12.4. The average molecular weight is 670 g/mol. The predicted molar refractivity (Wildman–Crippen MR) is 208 cm³/mol. The van der Waals surface area contributed by atoms with Crippen LogP contribution in [0.1, 0.15) is 33.6 Å². The Morgan fingerprint density at radius 2 is 1.27 bits per heavy atom. The maximum atomic E-state index is 6.81. The molecule has 6 heterocycles. The van der Waals surface area contributed by atoms with Crippen LogP contribution in [0.4, 0.5) is 0 Å². The van der Waals surface area contributed by atoms with Gasteiger partial charge in [-0.1, -0.05) is 84.9 Å². The third-order valence-electron chi connectivity index (χ3n) is 11.1. The largest absolute Gasteiger partial charge is 0.457 e. The first-order valence-electron chi connectivity index (χ1n) is 17.6. The monoisotopic (exact) mass is 669 g/mol. The molecule has 0 unspecified atom stereocenters. The summed E-state index contributed by atoms with van der Waals surface area (Å²) in [6, 6.07) is 49.5. The van der Waals surface area contributed by atoms with Crippen LogP contribution in [0.3, 0.4) is 0 Å². The third kappa shape index (κ3) is 3.75. The Balaban J connectivity index is 1.18. The van der Waals surface area contributed by atoms with Crippen LogP contribution in [-0.4, -0.2) is 23.9 Å². The highest BCUT2D eigenvalue weighted by Crippen LogP contribution is 2.54. The molecule has 246 valence electrons. The van der Waals surface area contributed by atoms with Crippen molar-refractivity contribution in [2.24, 2.45) is 0 Å². The van der Waals surface area contributed by atoms with E-state index in [2.05, 4.69) is 144 Å². The average Bonchev–Trinajstić information content (AvgIpc) is 3.70. The van der Waals surface area contributed by atoms with E-state index < -0.39 is 5.41 Å². The second-order valence-electron chi connectivity index (χ2n) is 13.7. The summed E-state index contributed by atoms with van der Waals surface area (Å²) in [7, 11) is 0. The summed E-state index contributed by atoms with van der Waals surface area (Å²) in [6.07, 6.45) is 3.73. The summed E-state index contributed by atoms with van der Waals surface area (Å²) < 4.78 is 11.4. The molecule has 1 aliphatic heterocycles.